The molecule has 0 saturated carbocycles. The van der Waals surface area contributed by atoms with Crippen molar-refractivity contribution < 1.29 is 5.11 Å². The molecule has 4 aromatic rings. The molecule has 0 spiro atoms. The highest BCUT2D eigenvalue weighted by molar-refractivity contribution is 5.97. The summed E-state index contributed by atoms with van der Waals surface area (Å²) in [7, 11) is 0. The molecule has 0 atom stereocenters. The summed E-state index contributed by atoms with van der Waals surface area (Å²) in [6, 6.07) is 28.6. The van der Waals surface area contributed by atoms with Crippen molar-refractivity contribution >= 4 is 5.82 Å². The molecular formula is C24H17N3O. The van der Waals surface area contributed by atoms with Crippen molar-refractivity contribution in [2.45, 2.75) is 0 Å². The van der Waals surface area contributed by atoms with Crippen LogP contribution >= 0.6 is 0 Å². The number of phenols is 1. The molecule has 3 aromatic carbocycles. The first-order chi connectivity index (χ1) is 13.7. The summed E-state index contributed by atoms with van der Waals surface area (Å²) >= 11 is 0. The Hall–Kier alpha value is -4.10. The number of hydrogen-bond donors (Lipinski definition) is 2. The third-order valence-corrected chi connectivity index (χ3v) is 4.60. The molecule has 4 nitrogen and oxygen atoms in total. The summed E-state index contributed by atoms with van der Waals surface area (Å²) in [4.78, 5) is 4.60. The smallest absolute Gasteiger partial charge is 0.142 e. The van der Waals surface area contributed by atoms with Crippen LogP contribution in [0.25, 0.3) is 33.5 Å². The van der Waals surface area contributed by atoms with Crippen LogP contribution in [-0.4, -0.2) is 10.1 Å². The average molecular weight is 363 g/mol. The third-order valence-electron chi connectivity index (χ3n) is 4.60. The first kappa shape index (κ1) is 17.3. The Balaban J connectivity index is 2.15. The number of rotatable bonds is 3. The molecule has 4 heteroatoms. The van der Waals surface area contributed by atoms with E-state index in [1.807, 2.05) is 60.7 Å². The van der Waals surface area contributed by atoms with E-state index in [4.69, 9.17) is 5.73 Å². The van der Waals surface area contributed by atoms with E-state index in [1.54, 1.807) is 24.3 Å². The van der Waals surface area contributed by atoms with Gasteiger partial charge in [0.1, 0.15) is 23.2 Å². The maximum atomic E-state index is 9.83. The minimum absolute atomic E-state index is 0.161. The molecule has 0 aliphatic heterocycles. The monoisotopic (exact) mass is 363 g/mol. The van der Waals surface area contributed by atoms with Crippen LogP contribution in [-0.2, 0) is 0 Å². The van der Waals surface area contributed by atoms with Crippen LogP contribution < -0.4 is 5.73 Å². The molecule has 1 aromatic heterocycles. The third kappa shape index (κ3) is 3.06. The van der Waals surface area contributed by atoms with Crippen molar-refractivity contribution in [1.82, 2.24) is 4.98 Å². The minimum Gasteiger partial charge on any atom is -0.508 e. The quantitative estimate of drug-likeness (QED) is 0.521. The Morgan fingerprint density at radius 3 is 1.82 bits per heavy atom. The Labute approximate surface area is 163 Å². The van der Waals surface area contributed by atoms with Gasteiger partial charge >= 0.3 is 0 Å². The van der Waals surface area contributed by atoms with Gasteiger partial charge in [0.15, 0.2) is 0 Å². The van der Waals surface area contributed by atoms with Gasteiger partial charge < -0.3 is 10.8 Å². The Bertz CT molecular complexity index is 1160. The summed E-state index contributed by atoms with van der Waals surface area (Å²) in [5.41, 5.74) is 11.4. The number of aromatic nitrogens is 1. The SMILES string of the molecule is N#Cc1c(N)nc(-c2ccccc2)c(-c2ccccc2)c1-c1ccc(O)cc1. The fraction of sp³-hybridized carbons (Fsp3) is 0. The van der Waals surface area contributed by atoms with E-state index in [0.29, 0.717) is 16.8 Å². The zero-order valence-corrected chi connectivity index (χ0v) is 15.0. The van der Waals surface area contributed by atoms with Crippen LogP contribution in [0.5, 0.6) is 5.75 Å². The van der Waals surface area contributed by atoms with Crippen LogP contribution in [0.1, 0.15) is 5.56 Å². The topological polar surface area (TPSA) is 82.9 Å². The second-order valence-electron chi connectivity index (χ2n) is 6.36. The Morgan fingerprint density at radius 1 is 0.714 bits per heavy atom. The maximum absolute atomic E-state index is 9.83. The van der Waals surface area contributed by atoms with E-state index in [1.165, 1.54) is 0 Å². The minimum atomic E-state index is 0.161. The van der Waals surface area contributed by atoms with E-state index in [0.717, 1.165) is 22.3 Å². The molecular weight excluding hydrogens is 346 g/mol. The van der Waals surface area contributed by atoms with Crippen molar-refractivity contribution in [3.63, 3.8) is 0 Å². The van der Waals surface area contributed by atoms with Crippen LogP contribution in [0.15, 0.2) is 84.9 Å². The largest absolute Gasteiger partial charge is 0.508 e. The van der Waals surface area contributed by atoms with E-state index >= 15 is 0 Å². The molecule has 0 unspecified atom stereocenters. The van der Waals surface area contributed by atoms with Gasteiger partial charge in [-0.2, -0.15) is 5.26 Å². The van der Waals surface area contributed by atoms with Gasteiger partial charge in [0.2, 0.25) is 0 Å². The van der Waals surface area contributed by atoms with E-state index in [2.05, 4.69) is 11.1 Å². The van der Waals surface area contributed by atoms with Gasteiger partial charge in [-0.3, -0.25) is 0 Å². The number of nitrogens with zero attached hydrogens (tertiary/aromatic N) is 2. The van der Waals surface area contributed by atoms with Gasteiger partial charge in [0.25, 0.3) is 0 Å². The van der Waals surface area contributed by atoms with Crippen LogP contribution in [0.4, 0.5) is 5.82 Å². The molecule has 0 amide bonds. The van der Waals surface area contributed by atoms with Crippen molar-refractivity contribution in [2.75, 3.05) is 5.73 Å². The number of anilines is 1. The summed E-state index contributed by atoms with van der Waals surface area (Å²) in [5.74, 6) is 0.345. The van der Waals surface area contributed by atoms with Gasteiger partial charge in [0.05, 0.1) is 5.69 Å². The number of hydrogen-bond acceptors (Lipinski definition) is 4. The van der Waals surface area contributed by atoms with Gasteiger partial charge in [0, 0.05) is 16.7 Å². The van der Waals surface area contributed by atoms with Gasteiger partial charge in [-0.15, -0.1) is 0 Å². The van der Waals surface area contributed by atoms with E-state index < -0.39 is 0 Å². The Morgan fingerprint density at radius 2 is 1.25 bits per heavy atom. The second-order valence-corrected chi connectivity index (χ2v) is 6.36. The molecule has 0 saturated heterocycles. The van der Waals surface area contributed by atoms with Crippen molar-refractivity contribution in [3.05, 3.63) is 90.5 Å². The number of nitrogens with two attached hydrogens (primary N) is 1. The number of nitrogen functional groups attached to an aromatic ring is 1. The number of benzene rings is 3. The average Bonchev–Trinajstić information content (AvgIpc) is 2.75. The van der Waals surface area contributed by atoms with Gasteiger partial charge in [-0.25, -0.2) is 4.98 Å². The number of phenolic OH excluding ortho intramolecular Hbond substituents is 1. The first-order valence-corrected chi connectivity index (χ1v) is 8.83. The van der Waals surface area contributed by atoms with Crippen molar-refractivity contribution in [3.8, 4) is 45.3 Å². The molecule has 4 rings (SSSR count). The number of aromatic hydroxyl groups is 1. The van der Waals surface area contributed by atoms with Crippen molar-refractivity contribution in [1.29, 1.82) is 5.26 Å². The Kier molecular flexibility index (Phi) is 4.49. The first-order valence-electron chi connectivity index (χ1n) is 8.83. The normalized spacial score (nSPS) is 10.4. The number of pyridine rings is 1. The summed E-state index contributed by atoms with van der Waals surface area (Å²) in [6.45, 7) is 0. The molecule has 0 aliphatic rings. The zero-order chi connectivity index (χ0) is 19.5. The molecule has 28 heavy (non-hydrogen) atoms. The van der Waals surface area contributed by atoms with E-state index in [9.17, 15) is 10.4 Å². The maximum Gasteiger partial charge on any atom is 0.142 e. The predicted octanol–water partition coefficient (Wildman–Crippen LogP) is 5.24. The summed E-state index contributed by atoms with van der Waals surface area (Å²) in [6.07, 6.45) is 0. The summed E-state index contributed by atoms with van der Waals surface area (Å²) < 4.78 is 0. The lowest BCUT2D eigenvalue weighted by molar-refractivity contribution is 0.475. The highest BCUT2D eigenvalue weighted by Gasteiger charge is 2.22. The van der Waals surface area contributed by atoms with E-state index in [-0.39, 0.29) is 11.6 Å². The fourth-order valence-electron chi connectivity index (χ4n) is 3.32. The lowest BCUT2D eigenvalue weighted by atomic mass is 9.88. The fourth-order valence-corrected chi connectivity index (χ4v) is 3.32. The van der Waals surface area contributed by atoms with Gasteiger partial charge in [-0.1, -0.05) is 72.8 Å². The van der Waals surface area contributed by atoms with Crippen molar-refractivity contribution in [2.24, 2.45) is 0 Å². The van der Waals surface area contributed by atoms with Gasteiger partial charge in [-0.05, 0) is 23.3 Å². The second kappa shape index (κ2) is 7.26. The standard InChI is InChI=1S/C24H17N3O/c25-15-20-21(17-11-13-19(28)14-12-17)22(16-7-3-1-4-8-16)23(27-24(20)26)18-9-5-2-6-10-18/h1-14,28H,(H2,26,27). The molecule has 0 fully saturated rings. The van der Waals surface area contributed by atoms with Crippen LogP contribution in [0.3, 0.4) is 0 Å². The number of nitriles is 1. The lowest BCUT2D eigenvalue weighted by Gasteiger charge is -2.18. The summed E-state index contributed by atoms with van der Waals surface area (Å²) in [5, 5.41) is 19.5. The highest BCUT2D eigenvalue weighted by atomic mass is 16.3. The molecule has 3 N–H and O–H groups in total. The zero-order valence-electron chi connectivity index (χ0n) is 15.0. The van der Waals surface area contributed by atoms with Crippen LogP contribution in [0, 0.1) is 11.3 Å². The van der Waals surface area contributed by atoms with Crippen LogP contribution in [0.2, 0.25) is 0 Å². The molecule has 134 valence electrons. The highest BCUT2D eigenvalue weighted by Crippen LogP contribution is 2.42. The predicted molar refractivity (Wildman–Crippen MR) is 111 cm³/mol. The lowest BCUT2D eigenvalue weighted by Crippen LogP contribution is -2.03. The molecule has 0 aliphatic carbocycles. The molecule has 0 bridgehead atoms. The molecule has 0 radical (unpaired) electrons. The molecule has 1 heterocycles.